The molecular weight excluding hydrogens is 272 g/mol. The zero-order chi connectivity index (χ0) is 14.5. The third-order valence-electron chi connectivity index (χ3n) is 2.93. The number of aromatic nitrogens is 1. The lowest BCUT2D eigenvalue weighted by atomic mass is 10.2. The quantitative estimate of drug-likeness (QED) is 0.808. The summed E-state index contributed by atoms with van der Waals surface area (Å²) in [5.41, 5.74) is 4.69. The third-order valence-corrected chi connectivity index (χ3v) is 4.04. The monoisotopic (exact) mass is 290 g/mol. The fraction of sp³-hybridized carbons (Fsp3) is 0.286. The first-order chi connectivity index (χ1) is 9.60. The summed E-state index contributed by atoms with van der Waals surface area (Å²) in [6.45, 7) is 4.12. The number of aryl methyl sites for hydroxylation is 1. The van der Waals surface area contributed by atoms with Gasteiger partial charge in [-0.1, -0.05) is 0 Å². The van der Waals surface area contributed by atoms with Crippen LogP contribution in [0.1, 0.15) is 23.5 Å². The molecule has 20 heavy (non-hydrogen) atoms. The van der Waals surface area contributed by atoms with Gasteiger partial charge in [0.2, 0.25) is 0 Å². The van der Waals surface area contributed by atoms with E-state index < -0.39 is 0 Å². The van der Waals surface area contributed by atoms with Crippen molar-refractivity contribution in [2.75, 3.05) is 17.7 Å². The Labute approximate surface area is 122 Å². The molecule has 1 heterocycles. The van der Waals surface area contributed by atoms with Crippen molar-refractivity contribution in [1.82, 2.24) is 10.3 Å². The number of amides is 2. The van der Waals surface area contributed by atoms with Gasteiger partial charge in [0, 0.05) is 23.3 Å². The number of nitrogens with one attached hydrogen (secondary N) is 3. The molecule has 2 aromatic rings. The number of benzene rings is 1. The van der Waals surface area contributed by atoms with E-state index in [-0.39, 0.29) is 12.1 Å². The molecule has 2 rings (SSSR count). The Kier molecular flexibility index (Phi) is 4.57. The van der Waals surface area contributed by atoms with Crippen LogP contribution in [0.25, 0.3) is 0 Å². The van der Waals surface area contributed by atoms with Crippen LogP contribution in [0.2, 0.25) is 0 Å². The van der Waals surface area contributed by atoms with Gasteiger partial charge in [0.05, 0.1) is 17.2 Å². The number of nitrogens with zero attached hydrogens (tertiary/aromatic N) is 1. The summed E-state index contributed by atoms with van der Waals surface area (Å²) in [4.78, 5) is 16.7. The standard InChI is InChI=1S/C14H18N4OS/c1-9-13(20-8-16-9)10(2)17-11-4-6-12(7-5-11)18-14(19)15-3/h4-8,10,17H,1-3H3,(H2,15,18,19). The highest BCUT2D eigenvalue weighted by molar-refractivity contribution is 7.09. The number of hydrogen-bond donors (Lipinski definition) is 3. The third kappa shape index (κ3) is 3.48. The number of carbonyl (C=O) groups is 1. The van der Waals surface area contributed by atoms with Gasteiger partial charge < -0.3 is 16.0 Å². The van der Waals surface area contributed by atoms with Gasteiger partial charge in [-0.3, -0.25) is 0 Å². The highest BCUT2D eigenvalue weighted by atomic mass is 32.1. The first-order valence-corrected chi connectivity index (χ1v) is 7.23. The number of urea groups is 1. The lowest BCUT2D eigenvalue weighted by Gasteiger charge is -2.15. The predicted octanol–water partition coefficient (Wildman–Crippen LogP) is 3.38. The second-order valence-corrected chi connectivity index (χ2v) is 5.34. The normalized spacial score (nSPS) is 11.8. The molecule has 2 amide bonds. The van der Waals surface area contributed by atoms with Gasteiger partial charge in [-0.05, 0) is 38.1 Å². The van der Waals surface area contributed by atoms with Gasteiger partial charge in [0.1, 0.15) is 0 Å². The van der Waals surface area contributed by atoms with Crippen LogP contribution >= 0.6 is 11.3 Å². The summed E-state index contributed by atoms with van der Waals surface area (Å²) in [7, 11) is 1.59. The van der Waals surface area contributed by atoms with Crippen LogP contribution in [0.4, 0.5) is 16.2 Å². The molecule has 0 aliphatic heterocycles. The molecule has 0 aliphatic rings. The van der Waals surface area contributed by atoms with E-state index in [9.17, 15) is 4.79 Å². The second kappa shape index (κ2) is 6.38. The van der Waals surface area contributed by atoms with Gasteiger partial charge in [-0.15, -0.1) is 11.3 Å². The Morgan fingerprint density at radius 2 is 1.90 bits per heavy atom. The van der Waals surface area contributed by atoms with Gasteiger partial charge in [0.15, 0.2) is 0 Å². The van der Waals surface area contributed by atoms with Gasteiger partial charge in [0.25, 0.3) is 0 Å². The number of anilines is 2. The van der Waals surface area contributed by atoms with Crippen molar-refractivity contribution < 1.29 is 4.79 Å². The highest BCUT2D eigenvalue weighted by Crippen LogP contribution is 2.25. The van der Waals surface area contributed by atoms with Crippen molar-refractivity contribution in [3.8, 4) is 0 Å². The number of thiazole rings is 1. The molecule has 1 aromatic heterocycles. The molecule has 0 radical (unpaired) electrons. The first kappa shape index (κ1) is 14.3. The molecule has 0 fully saturated rings. The van der Waals surface area contributed by atoms with Crippen LogP contribution < -0.4 is 16.0 Å². The molecule has 0 spiro atoms. The minimum Gasteiger partial charge on any atom is -0.378 e. The van der Waals surface area contributed by atoms with E-state index in [0.29, 0.717) is 0 Å². The Bertz CT molecular complexity index is 579. The van der Waals surface area contributed by atoms with Crippen molar-refractivity contribution >= 4 is 28.7 Å². The Hall–Kier alpha value is -2.08. The molecule has 6 heteroatoms. The molecule has 106 valence electrons. The summed E-state index contributed by atoms with van der Waals surface area (Å²) in [6, 6.07) is 7.60. The fourth-order valence-electron chi connectivity index (χ4n) is 1.89. The maximum absolute atomic E-state index is 11.2. The summed E-state index contributed by atoms with van der Waals surface area (Å²) < 4.78 is 0. The largest absolute Gasteiger partial charge is 0.378 e. The first-order valence-electron chi connectivity index (χ1n) is 6.35. The summed E-state index contributed by atoms with van der Waals surface area (Å²) in [5, 5.41) is 8.66. The average molecular weight is 290 g/mol. The summed E-state index contributed by atoms with van der Waals surface area (Å²) in [5.74, 6) is 0. The number of rotatable bonds is 4. The van der Waals surface area contributed by atoms with Crippen molar-refractivity contribution in [3.05, 3.63) is 40.3 Å². The summed E-state index contributed by atoms with van der Waals surface area (Å²) in [6.07, 6.45) is 0. The van der Waals surface area contributed by atoms with E-state index in [4.69, 9.17) is 0 Å². The van der Waals surface area contributed by atoms with E-state index in [1.807, 2.05) is 36.7 Å². The minimum absolute atomic E-state index is 0.209. The maximum Gasteiger partial charge on any atom is 0.318 e. The van der Waals surface area contributed by atoms with Crippen LogP contribution in [0.15, 0.2) is 29.8 Å². The average Bonchev–Trinajstić information content (AvgIpc) is 2.87. The van der Waals surface area contributed by atoms with Gasteiger partial charge in [-0.25, -0.2) is 9.78 Å². The SMILES string of the molecule is CNC(=O)Nc1ccc(NC(C)c2scnc2C)cc1. The van der Waals surface area contributed by atoms with Crippen LogP contribution in [0.3, 0.4) is 0 Å². The van der Waals surface area contributed by atoms with Crippen LogP contribution in [-0.4, -0.2) is 18.1 Å². The molecule has 0 aliphatic carbocycles. The van der Waals surface area contributed by atoms with E-state index in [1.54, 1.807) is 18.4 Å². The van der Waals surface area contributed by atoms with Crippen molar-refractivity contribution in [2.24, 2.45) is 0 Å². The lowest BCUT2D eigenvalue weighted by molar-refractivity contribution is 0.254. The summed E-state index contributed by atoms with van der Waals surface area (Å²) >= 11 is 1.65. The van der Waals surface area contributed by atoms with E-state index in [1.165, 1.54) is 4.88 Å². The van der Waals surface area contributed by atoms with Gasteiger partial charge >= 0.3 is 6.03 Å². The second-order valence-electron chi connectivity index (χ2n) is 4.45. The van der Waals surface area contributed by atoms with Crippen molar-refractivity contribution in [1.29, 1.82) is 0 Å². The molecule has 3 N–H and O–H groups in total. The molecular formula is C14H18N4OS. The predicted molar refractivity (Wildman–Crippen MR) is 83.4 cm³/mol. The lowest BCUT2D eigenvalue weighted by Crippen LogP contribution is -2.24. The van der Waals surface area contributed by atoms with E-state index >= 15 is 0 Å². The van der Waals surface area contributed by atoms with Crippen LogP contribution in [-0.2, 0) is 0 Å². The molecule has 0 saturated carbocycles. The molecule has 5 nitrogen and oxygen atoms in total. The molecule has 1 atom stereocenters. The van der Waals surface area contributed by atoms with E-state index in [2.05, 4.69) is 27.9 Å². The van der Waals surface area contributed by atoms with E-state index in [0.717, 1.165) is 17.1 Å². The fourth-order valence-corrected chi connectivity index (χ4v) is 2.70. The smallest absolute Gasteiger partial charge is 0.318 e. The molecule has 0 bridgehead atoms. The maximum atomic E-state index is 11.2. The van der Waals surface area contributed by atoms with Crippen molar-refractivity contribution in [3.63, 3.8) is 0 Å². The number of hydrogen-bond acceptors (Lipinski definition) is 4. The molecule has 0 saturated heterocycles. The molecule has 1 unspecified atom stereocenters. The van der Waals surface area contributed by atoms with Gasteiger partial charge in [-0.2, -0.15) is 0 Å². The Morgan fingerprint density at radius 3 is 2.45 bits per heavy atom. The van der Waals surface area contributed by atoms with Crippen molar-refractivity contribution in [2.45, 2.75) is 19.9 Å². The zero-order valence-corrected chi connectivity index (χ0v) is 12.5. The Morgan fingerprint density at radius 1 is 1.25 bits per heavy atom. The zero-order valence-electron chi connectivity index (χ0n) is 11.7. The highest BCUT2D eigenvalue weighted by Gasteiger charge is 2.10. The van der Waals surface area contributed by atoms with Crippen LogP contribution in [0, 0.1) is 6.92 Å². The molecule has 1 aromatic carbocycles. The topological polar surface area (TPSA) is 66.1 Å². The Balaban J connectivity index is 2.00. The number of carbonyl (C=O) groups excluding carboxylic acids is 1. The van der Waals surface area contributed by atoms with Crippen LogP contribution in [0.5, 0.6) is 0 Å². The minimum atomic E-state index is -0.223.